The molecule has 4 heteroatoms. The van der Waals surface area contributed by atoms with E-state index in [1.54, 1.807) is 0 Å². The molecule has 1 N–H and O–H groups in total. The molecule has 0 aliphatic carbocycles. The van der Waals surface area contributed by atoms with E-state index in [1.165, 1.54) is 16.7 Å². The van der Waals surface area contributed by atoms with Crippen LogP contribution < -0.4 is 14.8 Å². The molecule has 0 radical (unpaired) electrons. The van der Waals surface area contributed by atoms with Gasteiger partial charge in [0.15, 0.2) is 11.5 Å². The molecule has 2 aromatic rings. The Morgan fingerprint density at radius 3 is 2.39 bits per heavy atom. The third-order valence-electron chi connectivity index (χ3n) is 4.62. The molecular formula is C19H22N2O2. The Bertz CT molecular complexity index is 678. The van der Waals surface area contributed by atoms with Gasteiger partial charge in [-0.15, -0.1) is 0 Å². The molecule has 4 nitrogen and oxygen atoms in total. The number of ether oxygens (including phenoxy) is 2. The summed E-state index contributed by atoms with van der Waals surface area (Å²) in [4.78, 5) is 2.54. The first kappa shape index (κ1) is 14.5. The zero-order chi connectivity index (χ0) is 15.6. The van der Waals surface area contributed by atoms with E-state index in [4.69, 9.17) is 9.47 Å². The molecular weight excluding hydrogens is 288 g/mol. The van der Waals surface area contributed by atoms with E-state index in [9.17, 15) is 0 Å². The van der Waals surface area contributed by atoms with Gasteiger partial charge in [0.2, 0.25) is 6.79 Å². The van der Waals surface area contributed by atoms with Crippen molar-refractivity contribution in [1.82, 2.24) is 10.2 Å². The van der Waals surface area contributed by atoms with Gasteiger partial charge >= 0.3 is 0 Å². The van der Waals surface area contributed by atoms with Crippen LogP contribution in [0, 0.1) is 6.92 Å². The number of piperazine rings is 1. The lowest BCUT2D eigenvalue weighted by atomic mass is 9.95. The fourth-order valence-electron chi connectivity index (χ4n) is 3.39. The normalized spacial score (nSPS) is 18.8. The van der Waals surface area contributed by atoms with Crippen molar-refractivity contribution in [2.75, 3.05) is 33.0 Å². The zero-order valence-electron chi connectivity index (χ0n) is 13.4. The van der Waals surface area contributed by atoms with Crippen molar-refractivity contribution in [3.8, 4) is 11.5 Å². The molecule has 0 amide bonds. The van der Waals surface area contributed by atoms with Gasteiger partial charge in [0.25, 0.3) is 0 Å². The van der Waals surface area contributed by atoms with Gasteiger partial charge in [-0.1, -0.05) is 35.9 Å². The van der Waals surface area contributed by atoms with Crippen LogP contribution in [0.25, 0.3) is 0 Å². The fraction of sp³-hybridized carbons (Fsp3) is 0.368. The predicted octanol–water partition coefficient (Wildman–Crippen LogP) is 2.72. The lowest BCUT2D eigenvalue weighted by Crippen LogP contribution is -2.45. The van der Waals surface area contributed by atoms with Crippen LogP contribution in [0.2, 0.25) is 0 Å². The van der Waals surface area contributed by atoms with Gasteiger partial charge in [-0.25, -0.2) is 0 Å². The number of hydrogen-bond acceptors (Lipinski definition) is 4. The molecule has 1 unspecified atom stereocenters. The maximum atomic E-state index is 5.58. The maximum Gasteiger partial charge on any atom is 0.231 e. The molecule has 2 aliphatic heterocycles. The van der Waals surface area contributed by atoms with Crippen molar-refractivity contribution < 1.29 is 9.47 Å². The first-order valence-electron chi connectivity index (χ1n) is 8.22. The van der Waals surface area contributed by atoms with Crippen molar-refractivity contribution in [3.05, 3.63) is 59.2 Å². The molecule has 2 heterocycles. The second-order valence-corrected chi connectivity index (χ2v) is 6.21. The summed E-state index contributed by atoms with van der Waals surface area (Å²) in [5.74, 6) is 1.70. The van der Waals surface area contributed by atoms with E-state index in [0.717, 1.165) is 37.7 Å². The van der Waals surface area contributed by atoms with Gasteiger partial charge in [-0.3, -0.25) is 4.90 Å². The van der Waals surface area contributed by atoms with Crippen LogP contribution in [0.15, 0.2) is 42.5 Å². The smallest absolute Gasteiger partial charge is 0.231 e. The Morgan fingerprint density at radius 1 is 0.913 bits per heavy atom. The second kappa shape index (κ2) is 6.22. The molecule has 1 fully saturated rings. The molecule has 0 saturated carbocycles. The molecule has 0 spiro atoms. The molecule has 2 aliphatic rings. The third-order valence-corrected chi connectivity index (χ3v) is 4.62. The van der Waals surface area contributed by atoms with Crippen molar-refractivity contribution in [3.63, 3.8) is 0 Å². The summed E-state index contributed by atoms with van der Waals surface area (Å²) in [5.41, 5.74) is 3.88. The highest BCUT2D eigenvalue weighted by Gasteiger charge is 2.25. The number of nitrogens with one attached hydrogen (secondary N) is 1. The van der Waals surface area contributed by atoms with Gasteiger partial charge in [0, 0.05) is 26.2 Å². The van der Waals surface area contributed by atoms with E-state index >= 15 is 0 Å². The topological polar surface area (TPSA) is 33.7 Å². The highest BCUT2D eigenvalue weighted by atomic mass is 16.7. The number of rotatable bonds is 3. The Kier molecular flexibility index (Phi) is 3.93. The molecule has 0 bridgehead atoms. The highest BCUT2D eigenvalue weighted by Crippen LogP contribution is 2.37. The summed E-state index contributed by atoms with van der Waals surface area (Å²) in [6, 6.07) is 15.5. The van der Waals surface area contributed by atoms with Gasteiger partial charge in [0.1, 0.15) is 0 Å². The number of hydrogen-bond donors (Lipinski definition) is 1. The van der Waals surface area contributed by atoms with Crippen LogP contribution in [-0.2, 0) is 0 Å². The second-order valence-electron chi connectivity index (χ2n) is 6.21. The summed E-state index contributed by atoms with van der Waals surface area (Å²) in [5, 5.41) is 3.44. The number of fused-ring (bicyclic) bond motifs is 1. The Balaban J connectivity index is 1.73. The van der Waals surface area contributed by atoms with Gasteiger partial charge in [-0.05, 0) is 30.2 Å². The van der Waals surface area contributed by atoms with Crippen LogP contribution in [0.1, 0.15) is 22.7 Å². The van der Waals surface area contributed by atoms with Crippen LogP contribution in [-0.4, -0.2) is 37.9 Å². The molecule has 0 aromatic heterocycles. The predicted molar refractivity (Wildman–Crippen MR) is 90.0 cm³/mol. The Labute approximate surface area is 137 Å². The molecule has 2 aromatic carbocycles. The van der Waals surface area contributed by atoms with E-state index in [0.29, 0.717) is 6.79 Å². The first-order chi connectivity index (χ1) is 11.3. The number of aryl methyl sites for hydroxylation is 1. The Morgan fingerprint density at radius 2 is 1.61 bits per heavy atom. The van der Waals surface area contributed by atoms with Crippen LogP contribution >= 0.6 is 0 Å². The van der Waals surface area contributed by atoms with Crippen molar-refractivity contribution in [2.24, 2.45) is 0 Å². The lowest BCUT2D eigenvalue weighted by Gasteiger charge is -2.35. The minimum Gasteiger partial charge on any atom is -0.454 e. The van der Waals surface area contributed by atoms with Gasteiger partial charge in [0.05, 0.1) is 6.04 Å². The average Bonchev–Trinajstić information content (AvgIpc) is 3.06. The minimum atomic E-state index is 0.257. The third kappa shape index (κ3) is 2.92. The van der Waals surface area contributed by atoms with E-state index in [1.807, 2.05) is 6.07 Å². The number of nitrogens with zero attached hydrogens (tertiary/aromatic N) is 1. The quantitative estimate of drug-likeness (QED) is 0.945. The average molecular weight is 310 g/mol. The van der Waals surface area contributed by atoms with E-state index < -0.39 is 0 Å². The molecule has 1 saturated heterocycles. The summed E-state index contributed by atoms with van der Waals surface area (Å²) in [6.45, 7) is 6.62. The fourth-order valence-corrected chi connectivity index (χ4v) is 3.39. The van der Waals surface area contributed by atoms with Crippen LogP contribution in [0.3, 0.4) is 0 Å². The van der Waals surface area contributed by atoms with E-state index in [-0.39, 0.29) is 6.04 Å². The molecule has 1 atom stereocenters. The zero-order valence-corrected chi connectivity index (χ0v) is 13.4. The molecule has 120 valence electrons. The molecule has 23 heavy (non-hydrogen) atoms. The highest BCUT2D eigenvalue weighted by molar-refractivity contribution is 5.47. The summed E-state index contributed by atoms with van der Waals surface area (Å²) < 4.78 is 11.0. The largest absolute Gasteiger partial charge is 0.454 e. The van der Waals surface area contributed by atoms with E-state index in [2.05, 4.69) is 53.5 Å². The Hall–Kier alpha value is -2.04. The molecule has 4 rings (SSSR count). The van der Waals surface area contributed by atoms with Crippen LogP contribution in [0.4, 0.5) is 0 Å². The summed E-state index contributed by atoms with van der Waals surface area (Å²) >= 11 is 0. The van der Waals surface area contributed by atoms with Crippen molar-refractivity contribution in [1.29, 1.82) is 0 Å². The monoisotopic (exact) mass is 310 g/mol. The van der Waals surface area contributed by atoms with Crippen molar-refractivity contribution in [2.45, 2.75) is 13.0 Å². The SMILES string of the molecule is Cc1ccc(C(c2ccc3c(c2)OCO3)N2CCNCC2)cc1. The summed E-state index contributed by atoms with van der Waals surface area (Å²) in [7, 11) is 0. The number of benzene rings is 2. The van der Waals surface area contributed by atoms with Gasteiger partial charge in [-0.2, -0.15) is 0 Å². The van der Waals surface area contributed by atoms with Crippen molar-refractivity contribution >= 4 is 0 Å². The lowest BCUT2D eigenvalue weighted by molar-refractivity contribution is 0.173. The maximum absolute atomic E-state index is 5.58. The standard InChI is InChI=1S/C19H22N2O2/c1-14-2-4-15(5-3-14)19(21-10-8-20-9-11-21)16-6-7-17-18(12-16)23-13-22-17/h2-7,12,19-20H,8-11,13H2,1H3. The van der Waals surface area contributed by atoms with Crippen LogP contribution in [0.5, 0.6) is 11.5 Å². The minimum absolute atomic E-state index is 0.257. The van der Waals surface area contributed by atoms with Gasteiger partial charge < -0.3 is 14.8 Å². The summed E-state index contributed by atoms with van der Waals surface area (Å²) in [6.07, 6.45) is 0. The first-order valence-corrected chi connectivity index (χ1v) is 8.22.